The molecule has 5 nitrogen and oxygen atoms in total. The average Bonchev–Trinajstić information content (AvgIpc) is 2.45. The van der Waals surface area contributed by atoms with Gasteiger partial charge in [-0.1, -0.05) is 29.3 Å². The number of rotatable bonds is 3. The van der Waals surface area contributed by atoms with Crippen LogP contribution in [0, 0.1) is 0 Å². The van der Waals surface area contributed by atoms with E-state index < -0.39 is 5.91 Å². The maximum atomic E-state index is 11.7. The molecule has 7 heteroatoms. The topological polar surface area (TPSA) is 67.2 Å². The van der Waals surface area contributed by atoms with E-state index in [-0.39, 0.29) is 5.69 Å². The molecule has 0 fully saturated rings. The van der Waals surface area contributed by atoms with Crippen LogP contribution in [0.2, 0.25) is 10.0 Å². The van der Waals surface area contributed by atoms with Crippen LogP contribution in [-0.2, 0) is 0 Å². The van der Waals surface area contributed by atoms with Crippen LogP contribution in [0.15, 0.2) is 41.9 Å². The van der Waals surface area contributed by atoms with Crippen LogP contribution < -0.4 is 5.43 Å². The molecule has 1 N–H and O–H groups in total. The second-order valence-corrected chi connectivity index (χ2v) is 4.70. The van der Waals surface area contributed by atoms with Gasteiger partial charge in [-0.2, -0.15) is 5.10 Å². The van der Waals surface area contributed by atoms with E-state index in [0.29, 0.717) is 21.3 Å². The number of hydrogen-bond acceptors (Lipinski definition) is 4. The number of nitrogens with one attached hydrogen (secondary N) is 1. The standard InChI is InChI=1S/C13H10Cl2N4O/c1-8(10-3-2-9(14)6-11(10)15)18-19-13(20)12-7-16-4-5-17-12/h2-7H,1H3,(H,19,20)/b18-8-. The predicted octanol–water partition coefficient (Wildman–Crippen LogP) is 2.94. The van der Waals surface area contributed by atoms with Crippen LogP contribution in [0.4, 0.5) is 0 Å². The van der Waals surface area contributed by atoms with Crippen LogP contribution in [0.25, 0.3) is 0 Å². The lowest BCUT2D eigenvalue weighted by Gasteiger charge is -2.05. The Kier molecular flexibility index (Phi) is 4.65. The molecule has 0 bridgehead atoms. The van der Waals surface area contributed by atoms with Crippen molar-refractivity contribution in [1.82, 2.24) is 15.4 Å². The van der Waals surface area contributed by atoms with E-state index in [1.165, 1.54) is 18.6 Å². The summed E-state index contributed by atoms with van der Waals surface area (Å²) in [6.07, 6.45) is 4.27. The summed E-state index contributed by atoms with van der Waals surface area (Å²) >= 11 is 11.9. The molecule has 0 atom stereocenters. The van der Waals surface area contributed by atoms with E-state index >= 15 is 0 Å². The van der Waals surface area contributed by atoms with Gasteiger partial charge in [0.15, 0.2) is 0 Å². The number of benzene rings is 1. The van der Waals surface area contributed by atoms with Crippen molar-refractivity contribution in [3.8, 4) is 0 Å². The summed E-state index contributed by atoms with van der Waals surface area (Å²) < 4.78 is 0. The Bertz CT molecular complexity index is 659. The van der Waals surface area contributed by atoms with Gasteiger partial charge in [-0.3, -0.25) is 9.78 Å². The van der Waals surface area contributed by atoms with Crippen LogP contribution >= 0.6 is 23.2 Å². The molecule has 0 saturated carbocycles. The van der Waals surface area contributed by atoms with Crippen molar-refractivity contribution in [1.29, 1.82) is 0 Å². The second kappa shape index (κ2) is 6.45. The molecule has 2 aromatic rings. The van der Waals surface area contributed by atoms with Gasteiger partial charge in [0.05, 0.1) is 16.9 Å². The van der Waals surface area contributed by atoms with Gasteiger partial charge in [0.1, 0.15) is 5.69 Å². The maximum Gasteiger partial charge on any atom is 0.291 e. The summed E-state index contributed by atoms with van der Waals surface area (Å²) in [5.41, 5.74) is 3.83. The van der Waals surface area contributed by atoms with Gasteiger partial charge >= 0.3 is 0 Å². The van der Waals surface area contributed by atoms with Gasteiger partial charge in [0.2, 0.25) is 0 Å². The van der Waals surface area contributed by atoms with Gasteiger partial charge in [-0.25, -0.2) is 10.4 Å². The zero-order valence-corrected chi connectivity index (χ0v) is 12.0. The molecule has 1 aromatic carbocycles. The molecule has 0 aliphatic heterocycles. The number of carbonyl (C=O) groups is 1. The Morgan fingerprint density at radius 3 is 2.75 bits per heavy atom. The van der Waals surface area contributed by atoms with E-state index in [1.807, 2.05) is 0 Å². The van der Waals surface area contributed by atoms with Crippen LogP contribution in [0.3, 0.4) is 0 Å². The molecule has 102 valence electrons. The zero-order valence-electron chi connectivity index (χ0n) is 10.5. The molecule has 0 aliphatic rings. The Hall–Kier alpha value is -1.98. The Morgan fingerprint density at radius 1 is 1.30 bits per heavy atom. The largest absolute Gasteiger partial charge is 0.291 e. The molecule has 2 rings (SSSR count). The molecule has 0 aliphatic carbocycles. The summed E-state index contributed by atoms with van der Waals surface area (Å²) in [5, 5.41) is 4.99. The van der Waals surface area contributed by atoms with Crippen molar-refractivity contribution in [2.24, 2.45) is 5.10 Å². The van der Waals surface area contributed by atoms with Crippen molar-refractivity contribution in [2.75, 3.05) is 0 Å². The minimum Gasteiger partial charge on any atom is -0.265 e. The lowest BCUT2D eigenvalue weighted by Crippen LogP contribution is -2.20. The smallest absolute Gasteiger partial charge is 0.265 e. The molecule has 0 unspecified atom stereocenters. The minimum absolute atomic E-state index is 0.186. The normalized spacial score (nSPS) is 11.2. The first-order chi connectivity index (χ1) is 9.58. The molecule has 0 saturated heterocycles. The highest BCUT2D eigenvalue weighted by Gasteiger charge is 2.08. The highest BCUT2D eigenvalue weighted by molar-refractivity contribution is 6.37. The third-order valence-corrected chi connectivity index (χ3v) is 2.99. The van der Waals surface area contributed by atoms with Gasteiger partial charge in [0.25, 0.3) is 5.91 Å². The van der Waals surface area contributed by atoms with E-state index in [0.717, 1.165) is 0 Å². The average molecular weight is 309 g/mol. The highest BCUT2D eigenvalue weighted by Crippen LogP contribution is 2.21. The zero-order chi connectivity index (χ0) is 14.5. The third-order valence-electron chi connectivity index (χ3n) is 2.44. The van der Waals surface area contributed by atoms with Crippen LogP contribution in [0.1, 0.15) is 23.0 Å². The van der Waals surface area contributed by atoms with Crippen molar-refractivity contribution < 1.29 is 4.79 Å². The second-order valence-electron chi connectivity index (χ2n) is 3.85. The number of hydrogen-bond donors (Lipinski definition) is 1. The van der Waals surface area contributed by atoms with E-state index in [9.17, 15) is 4.79 Å². The Balaban J connectivity index is 2.13. The molecule has 1 amide bonds. The minimum atomic E-state index is -0.442. The highest BCUT2D eigenvalue weighted by atomic mass is 35.5. The van der Waals surface area contributed by atoms with Crippen LogP contribution in [0.5, 0.6) is 0 Å². The number of carbonyl (C=O) groups excluding carboxylic acids is 1. The molecule has 1 aromatic heterocycles. The molecule has 0 spiro atoms. The van der Waals surface area contributed by atoms with E-state index in [4.69, 9.17) is 23.2 Å². The van der Waals surface area contributed by atoms with Gasteiger partial charge < -0.3 is 0 Å². The summed E-state index contributed by atoms with van der Waals surface area (Å²) in [4.78, 5) is 19.4. The van der Waals surface area contributed by atoms with E-state index in [2.05, 4.69) is 20.5 Å². The number of halogens is 2. The summed E-state index contributed by atoms with van der Waals surface area (Å²) in [7, 11) is 0. The van der Waals surface area contributed by atoms with Crippen molar-refractivity contribution >= 4 is 34.8 Å². The first kappa shape index (κ1) is 14.4. The van der Waals surface area contributed by atoms with E-state index in [1.54, 1.807) is 25.1 Å². The number of hydrazone groups is 1. The Labute approximate surface area is 125 Å². The predicted molar refractivity (Wildman–Crippen MR) is 78.2 cm³/mol. The monoisotopic (exact) mass is 308 g/mol. The SMILES string of the molecule is C/C(=N/NC(=O)c1cnccn1)c1ccc(Cl)cc1Cl. The van der Waals surface area contributed by atoms with Crippen molar-refractivity contribution in [3.63, 3.8) is 0 Å². The molecule has 20 heavy (non-hydrogen) atoms. The van der Waals surface area contributed by atoms with Gasteiger partial charge in [0, 0.05) is 23.0 Å². The maximum absolute atomic E-state index is 11.7. The lowest BCUT2D eigenvalue weighted by atomic mass is 10.1. The quantitative estimate of drug-likeness (QED) is 0.700. The molecule has 1 heterocycles. The van der Waals surface area contributed by atoms with Crippen molar-refractivity contribution in [3.05, 3.63) is 58.1 Å². The molecular weight excluding hydrogens is 299 g/mol. The third kappa shape index (κ3) is 3.53. The molecule has 0 radical (unpaired) electrons. The summed E-state index contributed by atoms with van der Waals surface area (Å²) in [6.45, 7) is 1.73. The van der Waals surface area contributed by atoms with Gasteiger partial charge in [-0.15, -0.1) is 0 Å². The number of nitrogens with zero attached hydrogens (tertiary/aromatic N) is 3. The lowest BCUT2D eigenvalue weighted by molar-refractivity contribution is 0.0949. The summed E-state index contributed by atoms with van der Waals surface area (Å²) in [5.74, 6) is -0.442. The fourth-order valence-corrected chi connectivity index (χ4v) is 2.00. The van der Waals surface area contributed by atoms with Crippen LogP contribution in [-0.4, -0.2) is 21.6 Å². The van der Waals surface area contributed by atoms with Crippen molar-refractivity contribution in [2.45, 2.75) is 6.92 Å². The Morgan fingerprint density at radius 2 is 2.10 bits per heavy atom. The fourth-order valence-electron chi connectivity index (χ4n) is 1.45. The van der Waals surface area contributed by atoms with Gasteiger partial charge in [-0.05, 0) is 19.1 Å². The molecular formula is C13H10Cl2N4O. The number of amides is 1. The number of aromatic nitrogens is 2. The first-order valence-corrected chi connectivity index (χ1v) is 6.39. The summed E-state index contributed by atoms with van der Waals surface area (Å²) in [6, 6.07) is 5.05. The fraction of sp³-hybridized carbons (Fsp3) is 0.0769. The first-order valence-electron chi connectivity index (χ1n) is 5.64.